The van der Waals surface area contributed by atoms with Crippen molar-refractivity contribution in [2.45, 2.75) is 26.7 Å². The Kier molecular flexibility index (Phi) is 2.95. The molecule has 1 unspecified atom stereocenters. The lowest BCUT2D eigenvalue weighted by molar-refractivity contribution is -0.105. The molecule has 1 fully saturated rings. The molecule has 1 aliphatic carbocycles. The van der Waals surface area contributed by atoms with E-state index in [0.29, 0.717) is 11.3 Å². The molecule has 0 amide bonds. The fourth-order valence-corrected chi connectivity index (χ4v) is 2.02. The van der Waals surface area contributed by atoms with Crippen LogP contribution in [-0.2, 0) is 11.2 Å². The number of hydrogen-bond donors (Lipinski definition) is 0. The van der Waals surface area contributed by atoms with E-state index in [0.717, 1.165) is 18.3 Å². The summed E-state index contributed by atoms with van der Waals surface area (Å²) in [4.78, 5) is 11.0. The summed E-state index contributed by atoms with van der Waals surface area (Å²) in [5.41, 5.74) is 2.53. The lowest BCUT2D eigenvalue weighted by atomic mass is 10.0. The molecule has 0 heterocycles. The molecular formula is C15H18O. The molecule has 2 rings (SSSR count). The van der Waals surface area contributed by atoms with Crippen LogP contribution in [0.1, 0.15) is 25.8 Å². The topological polar surface area (TPSA) is 17.1 Å². The molecule has 1 heteroatoms. The molecule has 0 aromatic heterocycles. The van der Waals surface area contributed by atoms with Crippen molar-refractivity contribution in [1.82, 2.24) is 0 Å². The molecule has 1 aromatic carbocycles. The minimum atomic E-state index is 0.408. The second kappa shape index (κ2) is 4.25. The number of carbonyl (C=O) groups is 1. The van der Waals surface area contributed by atoms with E-state index in [2.05, 4.69) is 32.1 Å². The van der Waals surface area contributed by atoms with Gasteiger partial charge in [-0.15, -0.1) is 0 Å². The predicted molar refractivity (Wildman–Crippen MR) is 66.2 cm³/mol. The number of rotatable bonds is 4. The maximum absolute atomic E-state index is 11.0. The SMILES string of the molecule is CC1(C)CC1/C=C(\C=O)Cc1ccccc1. The molecule has 1 atom stereocenters. The molecule has 1 aliphatic rings. The molecule has 0 N–H and O–H groups in total. The van der Waals surface area contributed by atoms with Crippen molar-refractivity contribution in [3.8, 4) is 0 Å². The number of allylic oxidation sites excluding steroid dienone is 2. The summed E-state index contributed by atoms with van der Waals surface area (Å²) in [6.45, 7) is 4.50. The largest absolute Gasteiger partial charge is 0.298 e. The van der Waals surface area contributed by atoms with Crippen LogP contribution in [0.4, 0.5) is 0 Å². The van der Waals surface area contributed by atoms with Crippen LogP contribution < -0.4 is 0 Å². The third-order valence-electron chi connectivity index (χ3n) is 3.41. The lowest BCUT2D eigenvalue weighted by Gasteiger charge is -2.02. The monoisotopic (exact) mass is 214 g/mol. The normalized spacial score (nSPS) is 22.9. The highest BCUT2D eigenvalue weighted by Gasteiger charge is 2.43. The minimum absolute atomic E-state index is 0.408. The second-order valence-corrected chi connectivity index (χ2v) is 5.32. The fourth-order valence-electron chi connectivity index (χ4n) is 2.02. The Morgan fingerprint density at radius 1 is 1.38 bits per heavy atom. The molecule has 1 nitrogen and oxygen atoms in total. The Morgan fingerprint density at radius 2 is 2.00 bits per heavy atom. The summed E-state index contributed by atoms with van der Waals surface area (Å²) in [6, 6.07) is 10.2. The first-order valence-electron chi connectivity index (χ1n) is 5.81. The van der Waals surface area contributed by atoms with Gasteiger partial charge in [0.15, 0.2) is 0 Å². The summed E-state index contributed by atoms with van der Waals surface area (Å²) in [6.07, 6.45) is 5.12. The van der Waals surface area contributed by atoms with Crippen LogP contribution in [0.2, 0.25) is 0 Å². The first-order valence-corrected chi connectivity index (χ1v) is 5.81. The third-order valence-corrected chi connectivity index (χ3v) is 3.41. The van der Waals surface area contributed by atoms with Gasteiger partial charge in [-0.05, 0) is 28.9 Å². The molecule has 1 aromatic rings. The van der Waals surface area contributed by atoms with Gasteiger partial charge >= 0.3 is 0 Å². The molecule has 0 spiro atoms. The second-order valence-electron chi connectivity index (χ2n) is 5.32. The van der Waals surface area contributed by atoms with E-state index in [1.54, 1.807) is 0 Å². The van der Waals surface area contributed by atoms with Crippen molar-refractivity contribution < 1.29 is 4.79 Å². The lowest BCUT2D eigenvalue weighted by Crippen LogP contribution is -1.95. The molecule has 1 saturated carbocycles. The van der Waals surface area contributed by atoms with Gasteiger partial charge in [-0.25, -0.2) is 0 Å². The van der Waals surface area contributed by atoms with Gasteiger partial charge < -0.3 is 0 Å². The highest BCUT2D eigenvalue weighted by Crippen LogP contribution is 2.52. The van der Waals surface area contributed by atoms with E-state index >= 15 is 0 Å². The molecule has 16 heavy (non-hydrogen) atoms. The van der Waals surface area contributed by atoms with Crippen molar-refractivity contribution in [1.29, 1.82) is 0 Å². The maximum atomic E-state index is 11.0. The summed E-state index contributed by atoms with van der Waals surface area (Å²) < 4.78 is 0. The van der Waals surface area contributed by atoms with Crippen LogP contribution in [0.25, 0.3) is 0 Å². The van der Waals surface area contributed by atoms with Crippen LogP contribution in [-0.4, -0.2) is 6.29 Å². The Labute approximate surface area is 97.2 Å². The van der Waals surface area contributed by atoms with E-state index in [-0.39, 0.29) is 0 Å². The highest BCUT2D eigenvalue weighted by molar-refractivity contribution is 5.74. The summed E-state index contributed by atoms with van der Waals surface area (Å²) in [5, 5.41) is 0. The van der Waals surface area contributed by atoms with Gasteiger partial charge in [0, 0.05) is 6.42 Å². The van der Waals surface area contributed by atoms with E-state index in [9.17, 15) is 4.79 Å². The molecule has 0 bridgehead atoms. The Morgan fingerprint density at radius 3 is 2.50 bits per heavy atom. The van der Waals surface area contributed by atoms with Gasteiger partial charge in [-0.1, -0.05) is 50.3 Å². The van der Waals surface area contributed by atoms with Crippen LogP contribution in [0, 0.1) is 11.3 Å². The van der Waals surface area contributed by atoms with Crippen molar-refractivity contribution in [3.05, 3.63) is 47.5 Å². The van der Waals surface area contributed by atoms with Crippen LogP contribution in [0.3, 0.4) is 0 Å². The first kappa shape index (κ1) is 11.1. The van der Waals surface area contributed by atoms with Gasteiger partial charge in [-0.3, -0.25) is 4.79 Å². The zero-order valence-corrected chi connectivity index (χ0v) is 9.94. The van der Waals surface area contributed by atoms with Gasteiger partial charge in [0.2, 0.25) is 0 Å². The average molecular weight is 214 g/mol. The average Bonchev–Trinajstić information content (AvgIpc) is 2.86. The summed E-state index contributed by atoms with van der Waals surface area (Å²) >= 11 is 0. The minimum Gasteiger partial charge on any atom is -0.298 e. The standard InChI is InChI=1S/C15H18O/c1-15(2)10-14(15)9-13(11-16)8-12-6-4-3-5-7-12/h3-7,9,11,14H,8,10H2,1-2H3/b13-9-. The van der Waals surface area contributed by atoms with Crippen LogP contribution in [0.15, 0.2) is 42.0 Å². The Balaban J connectivity index is 2.05. The number of carbonyl (C=O) groups excluding carboxylic acids is 1. The first-order chi connectivity index (χ1) is 7.62. The van der Waals surface area contributed by atoms with E-state index < -0.39 is 0 Å². The maximum Gasteiger partial charge on any atom is 0.146 e. The quantitative estimate of drug-likeness (QED) is 0.554. The number of hydrogen-bond acceptors (Lipinski definition) is 1. The summed E-state index contributed by atoms with van der Waals surface area (Å²) in [7, 11) is 0. The Hall–Kier alpha value is -1.37. The predicted octanol–water partition coefficient (Wildman–Crippen LogP) is 3.40. The highest BCUT2D eigenvalue weighted by atomic mass is 16.1. The smallest absolute Gasteiger partial charge is 0.146 e. The van der Waals surface area contributed by atoms with Crippen molar-refractivity contribution in [3.63, 3.8) is 0 Å². The van der Waals surface area contributed by atoms with Gasteiger partial charge in [0.25, 0.3) is 0 Å². The molecule has 0 aliphatic heterocycles. The van der Waals surface area contributed by atoms with Crippen LogP contribution in [0.5, 0.6) is 0 Å². The van der Waals surface area contributed by atoms with Crippen molar-refractivity contribution in [2.75, 3.05) is 0 Å². The number of aldehydes is 1. The van der Waals surface area contributed by atoms with Gasteiger partial charge in [0.1, 0.15) is 6.29 Å². The molecule has 84 valence electrons. The molecule has 0 radical (unpaired) electrons. The number of benzene rings is 1. The van der Waals surface area contributed by atoms with Crippen molar-refractivity contribution in [2.24, 2.45) is 11.3 Å². The van der Waals surface area contributed by atoms with Gasteiger partial charge in [-0.2, -0.15) is 0 Å². The van der Waals surface area contributed by atoms with E-state index in [1.807, 2.05) is 18.2 Å². The zero-order valence-electron chi connectivity index (χ0n) is 9.94. The van der Waals surface area contributed by atoms with E-state index in [1.165, 1.54) is 12.0 Å². The van der Waals surface area contributed by atoms with Crippen molar-refractivity contribution >= 4 is 6.29 Å². The summed E-state index contributed by atoms with van der Waals surface area (Å²) in [5.74, 6) is 0.594. The van der Waals surface area contributed by atoms with Crippen LogP contribution >= 0.6 is 0 Å². The van der Waals surface area contributed by atoms with E-state index in [4.69, 9.17) is 0 Å². The Bertz CT molecular complexity index is 401. The molecular weight excluding hydrogens is 196 g/mol. The van der Waals surface area contributed by atoms with Gasteiger partial charge in [0.05, 0.1) is 0 Å². The molecule has 0 saturated heterocycles. The fraction of sp³-hybridized carbons (Fsp3) is 0.400. The zero-order chi connectivity index (χ0) is 11.6. The third kappa shape index (κ3) is 2.60.